The summed E-state index contributed by atoms with van der Waals surface area (Å²) in [6.07, 6.45) is 1.38. The number of nitrogens with one attached hydrogen (secondary N) is 1. The van der Waals surface area contributed by atoms with E-state index in [1.165, 1.54) is 13.2 Å². The minimum atomic E-state index is -0.269. The van der Waals surface area contributed by atoms with Gasteiger partial charge in [0.25, 0.3) is 0 Å². The van der Waals surface area contributed by atoms with Crippen molar-refractivity contribution in [2.75, 3.05) is 13.7 Å². The van der Waals surface area contributed by atoms with Crippen LogP contribution in [0.15, 0.2) is 18.2 Å². The van der Waals surface area contributed by atoms with Crippen LogP contribution in [-0.4, -0.2) is 24.9 Å². The molecule has 2 N–H and O–H groups in total. The molecular formula is C13H20FNO2. The number of benzene rings is 1. The van der Waals surface area contributed by atoms with Crippen molar-refractivity contribution in [1.82, 2.24) is 5.32 Å². The number of aliphatic hydroxyl groups is 1. The van der Waals surface area contributed by atoms with Gasteiger partial charge in [0.15, 0.2) is 0 Å². The van der Waals surface area contributed by atoms with Crippen LogP contribution in [0.2, 0.25) is 0 Å². The van der Waals surface area contributed by atoms with Gasteiger partial charge in [0.1, 0.15) is 11.6 Å². The molecular weight excluding hydrogens is 221 g/mol. The molecule has 0 aliphatic rings. The predicted molar refractivity (Wildman–Crippen MR) is 65.6 cm³/mol. The molecule has 0 bridgehead atoms. The number of ether oxygens (including phenoxy) is 1. The molecule has 1 aromatic carbocycles. The standard InChI is InChI=1S/C13H20FNO2/c1-10(16)4-3-7-15-9-11-5-6-12(17-2)8-13(11)14/h5-6,8,10,15-16H,3-4,7,9H2,1-2H3. The lowest BCUT2D eigenvalue weighted by molar-refractivity contribution is 0.181. The van der Waals surface area contributed by atoms with Crippen LogP contribution in [0.3, 0.4) is 0 Å². The van der Waals surface area contributed by atoms with Crippen molar-refractivity contribution in [3.8, 4) is 5.75 Å². The highest BCUT2D eigenvalue weighted by molar-refractivity contribution is 5.28. The van der Waals surface area contributed by atoms with E-state index in [2.05, 4.69) is 5.32 Å². The van der Waals surface area contributed by atoms with E-state index in [1.54, 1.807) is 19.1 Å². The molecule has 1 aromatic rings. The van der Waals surface area contributed by atoms with E-state index in [0.29, 0.717) is 17.9 Å². The van der Waals surface area contributed by atoms with Crippen LogP contribution in [-0.2, 0) is 6.54 Å². The van der Waals surface area contributed by atoms with Crippen molar-refractivity contribution in [3.05, 3.63) is 29.6 Å². The van der Waals surface area contributed by atoms with Gasteiger partial charge in [0, 0.05) is 18.2 Å². The number of hydrogen-bond acceptors (Lipinski definition) is 3. The Balaban J connectivity index is 2.32. The third-order valence-corrected chi connectivity index (χ3v) is 2.55. The molecule has 1 rings (SSSR count). The minimum Gasteiger partial charge on any atom is -0.497 e. The van der Waals surface area contributed by atoms with Gasteiger partial charge in [-0.25, -0.2) is 4.39 Å². The molecule has 0 amide bonds. The third-order valence-electron chi connectivity index (χ3n) is 2.55. The van der Waals surface area contributed by atoms with Crippen molar-refractivity contribution >= 4 is 0 Å². The Kier molecular flexibility index (Phi) is 5.94. The molecule has 0 fully saturated rings. The van der Waals surface area contributed by atoms with Crippen molar-refractivity contribution in [2.24, 2.45) is 0 Å². The van der Waals surface area contributed by atoms with E-state index >= 15 is 0 Å². The van der Waals surface area contributed by atoms with Crippen molar-refractivity contribution in [3.63, 3.8) is 0 Å². The molecule has 0 aliphatic heterocycles. The van der Waals surface area contributed by atoms with Crippen LogP contribution in [0, 0.1) is 5.82 Å². The summed E-state index contributed by atoms with van der Waals surface area (Å²) in [5, 5.41) is 12.2. The maximum Gasteiger partial charge on any atom is 0.131 e. The zero-order chi connectivity index (χ0) is 12.7. The van der Waals surface area contributed by atoms with Gasteiger partial charge in [-0.15, -0.1) is 0 Å². The lowest BCUT2D eigenvalue weighted by Gasteiger charge is -2.08. The highest BCUT2D eigenvalue weighted by Crippen LogP contribution is 2.15. The first-order chi connectivity index (χ1) is 8.13. The summed E-state index contributed by atoms with van der Waals surface area (Å²) in [6.45, 7) is 3.04. The maximum absolute atomic E-state index is 13.5. The Morgan fingerprint density at radius 3 is 2.82 bits per heavy atom. The van der Waals surface area contributed by atoms with Gasteiger partial charge in [-0.2, -0.15) is 0 Å². The smallest absolute Gasteiger partial charge is 0.131 e. The third kappa shape index (κ3) is 5.15. The average Bonchev–Trinajstić information content (AvgIpc) is 2.30. The largest absolute Gasteiger partial charge is 0.497 e. The molecule has 0 saturated heterocycles. The van der Waals surface area contributed by atoms with E-state index in [0.717, 1.165) is 19.4 Å². The molecule has 96 valence electrons. The van der Waals surface area contributed by atoms with E-state index in [4.69, 9.17) is 9.84 Å². The Bertz CT molecular complexity index is 342. The van der Waals surface area contributed by atoms with Gasteiger partial charge in [0.05, 0.1) is 13.2 Å². The Hall–Kier alpha value is -1.13. The van der Waals surface area contributed by atoms with Gasteiger partial charge >= 0.3 is 0 Å². The number of hydrogen-bond donors (Lipinski definition) is 2. The van der Waals surface area contributed by atoms with Crippen LogP contribution in [0.1, 0.15) is 25.3 Å². The van der Waals surface area contributed by atoms with Gasteiger partial charge in [-0.3, -0.25) is 0 Å². The van der Waals surface area contributed by atoms with Crippen molar-refractivity contribution in [1.29, 1.82) is 0 Å². The van der Waals surface area contributed by atoms with Gasteiger partial charge in [-0.05, 0) is 32.4 Å². The molecule has 1 atom stereocenters. The summed E-state index contributed by atoms with van der Waals surface area (Å²) in [4.78, 5) is 0. The molecule has 0 spiro atoms. The summed E-state index contributed by atoms with van der Waals surface area (Å²) < 4.78 is 18.4. The summed E-state index contributed by atoms with van der Waals surface area (Å²) in [5.74, 6) is 0.271. The number of rotatable bonds is 7. The molecule has 0 aliphatic carbocycles. The molecule has 0 aromatic heterocycles. The van der Waals surface area contributed by atoms with E-state index in [9.17, 15) is 4.39 Å². The Morgan fingerprint density at radius 1 is 1.47 bits per heavy atom. The Labute approximate surface area is 102 Å². The topological polar surface area (TPSA) is 41.5 Å². The number of aliphatic hydroxyl groups excluding tert-OH is 1. The molecule has 4 heteroatoms. The first-order valence-electron chi connectivity index (χ1n) is 5.84. The summed E-state index contributed by atoms with van der Waals surface area (Å²) in [5.41, 5.74) is 0.628. The number of methoxy groups -OCH3 is 1. The molecule has 0 heterocycles. The normalized spacial score (nSPS) is 12.5. The number of halogens is 1. The average molecular weight is 241 g/mol. The molecule has 1 unspecified atom stereocenters. The zero-order valence-electron chi connectivity index (χ0n) is 10.4. The van der Waals surface area contributed by atoms with E-state index in [-0.39, 0.29) is 11.9 Å². The Morgan fingerprint density at radius 2 is 2.24 bits per heavy atom. The quantitative estimate of drug-likeness (QED) is 0.718. The second-order valence-corrected chi connectivity index (χ2v) is 4.13. The van der Waals surface area contributed by atoms with Crippen LogP contribution < -0.4 is 10.1 Å². The second-order valence-electron chi connectivity index (χ2n) is 4.13. The fourth-order valence-electron chi connectivity index (χ4n) is 1.54. The lowest BCUT2D eigenvalue weighted by atomic mass is 10.2. The fourth-order valence-corrected chi connectivity index (χ4v) is 1.54. The van der Waals surface area contributed by atoms with Crippen LogP contribution >= 0.6 is 0 Å². The van der Waals surface area contributed by atoms with Gasteiger partial charge < -0.3 is 15.2 Å². The first kappa shape index (κ1) is 13.9. The summed E-state index contributed by atoms with van der Waals surface area (Å²) >= 11 is 0. The lowest BCUT2D eigenvalue weighted by Crippen LogP contribution is -2.17. The monoisotopic (exact) mass is 241 g/mol. The van der Waals surface area contributed by atoms with Gasteiger partial charge in [-0.1, -0.05) is 6.07 Å². The molecule has 0 radical (unpaired) electrons. The van der Waals surface area contributed by atoms with Gasteiger partial charge in [0.2, 0.25) is 0 Å². The second kappa shape index (κ2) is 7.25. The van der Waals surface area contributed by atoms with Crippen molar-refractivity contribution < 1.29 is 14.2 Å². The highest BCUT2D eigenvalue weighted by atomic mass is 19.1. The minimum absolute atomic E-state index is 0.257. The van der Waals surface area contributed by atoms with Crippen LogP contribution in [0.25, 0.3) is 0 Å². The van der Waals surface area contributed by atoms with E-state index < -0.39 is 0 Å². The summed E-state index contributed by atoms with van der Waals surface area (Å²) in [6, 6.07) is 4.85. The summed E-state index contributed by atoms with van der Waals surface area (Å²) in [7, 11) is 1.52. The molecule has 3 nitrogen and oxygen atoms in total. The molecule has 17 heavy (non-hydrogen) atoms. The fraction of sp³-hybridized carbons (Fsp3) is 0.538. The SMILES string of the molecule is COc1ccc(CNCCCC(C)O)c(F)c1. The van der Waals surface area contributed by atoms with Crippen LogP contribution in [0.5, 0.6) is 5.75 Å². The zero-order valence-corrected chi connectivity index (χ0v) is 10.4. The highest BCUT2D eigenvalue weighted by Gasteiger charge is 2.03. The maximum atomic E-state index is 13.5. The van der Waals surface area contributed by atoms with Crippen LogP contribution in [0.4, 0.5) is 4.39 Å². The predicted octanol–water partition coefficient (Wildman–Crippen LogP) is 2.08. The van der Waals surface area contributed by atoms with E-state index in [1.807, 2.05) is 0 Å². The first-order valence-corrected chi connectivity index (χ1v) is 5.84. The molecule has 0 saturated carbocycles. The van der Waals surface area contributed by atoms with Crippen molar-refractivity contribution in [2.45, 2.75) is 32.4 Å².